The molecule has 3 N–H and O–H groups in total. The molecule has 0 aliphatic carbocycles. The second kappa shape index (κ2) is 8.15. The summed E-state index contributed by atoms with van der Waals surface area (Å²) in [7, 11) is 0. The molecule has 0 saturated carbocycles. The predicted molar refractivity (Wildman–Crippen MR) is 87.0 cm³/mol. The van der Waals surface area contributed by atoms with Gasteiger partial charge in [-0.3, -0.25) is 4.79 Å². The number of nitrogens with one attached hydrogen (secondary N) is 2. The Kier molecular flexibility index (Phi) is 6.21. The lowest BCUT2D eigenvalue weighted by atomic mass is 9.97. The fourth-order valence-electron chi connectivity index (χ4n) is 2.74. The molecule has 1 aliphatic heterocycles. The largest absolute Gasteiger partial charge is 0.394 e. The van der Waals surface area contributed by atoms with Gasteiger partial charge < -0.3 is 20.5 Å². The molecule has 0 radical (unpaired) electrons. The number of rotatable bonds is 6. The second-order valence-electron chi connectivity index (χ2n) is 5.88. The van der Waals surface area contributed by atoms with E-state index in [1.54, 1.807) is 0 Å². The van der Waals surface area contributed by atoms with Crippen molar-refractivity contribution in [2.75, 3.05) is 25.1 Å². The smallest absolute Gasteiger partial charge is 0.251 e. The third-order valence-electron chi connectivity index (χ3n) is 4.13. The highest BCUT2D eigenvalue weighted by atomic mass is 16.5. The minimum absolute atomic E-state index is 0.0392. The van der Waals surface area contributed by atoms with Gasteiger partial charge in [0.25, 0.3) is 5.91 Å². The van der Waals surface area contributed by atoms with Crippen LogP contribution in [-0.4, -0.2) is 36.8 Å². The van der Waals surface area contributed by atoms with Gasteiger partial charge in [-0.05, 0) is 30.5 Å². The van der Waals surface area contributed by atoms with Crippen LogP contribution in [0.1, 0.15) is 42.6 Å². The lowest BCUT2D eigenvalue weighted by molar-refractivity contribution is 0.0889. The van der Waals surface area contributed by atoms with E-state index < -0.39 is 0 Å². The molecule has 0 aromatic heterocycles. The second-order valence-corrected chi connectivity index (χ2v) is 5.88. The monoisotopic (exact) mass is 306 g/mol. The average molecular weight is 306 g/mol. The van der Waals surface area contributed by atoms with Crippen molar-refractivity contribution in [1.82, 2.24) is 5.32 Å². The molecular formula is C17H26N2O3. The van der Waals surface area contributed by atoms with Crippen molar-refractivity contribution in [3.63, 3.8) is 0 Å². The molecule has 2 rings (SSSR count). The Hall–Kier alpha value is -1.59. The number of hydrogen-bond acceptors (Lipinski definition) is 4. The van der Waals surface area contributed by atoms with Crippen LogP contribution in [0.15, 0.2) is 18.2 Å². The maximum Gasteiger partial charge on any atom is 0.251 e. The quantitative estimate of drug-likeness (QED) is 0.753. The summed E-state index contributed by atoms with van der Waals surface area (Å²) in [4.78, 5) is 12.4. The van der Waals surface area contributed by atoms with Gasteiger partial charge in [0.2, 0.25) is 0 Å². The number of ether oxygens (including phenoxy) is 1. The molecule has 5 heteroatoms. The van der Waals surface area contributed by atoms with E-state index in [2.05, 4.69) is 24.5 Å². The van der Waals surface area contributed by atoms with Gasteiger partial charge in [-0.1, -0.05) is 20.3 Å². The zero-order valence-electron chi connectivity index (χ0n) is 13.4. The van der Waals surface area contributed by atoms with Crippen LogP contribution in [0.5, 0.6) is 0 Å². The number of aliphatic hydroxyl groups excluding tert-OH is 1. The van der Waals surface area contributed by atoms with E-state index >= 15 is 0 Å². The first-order valence-corrected chi connectivity index (χ1v) is 8.02. The lowest BCUT2D eigenvalue weighted by Crippen LogP contribution is -2.42. The van der Waals surface area contributed by atoms with E-state index in [0.29, 0.717) is 18.8 Å². The van der Waals surface area contributed by atoms with Gasteiger partial charge in [-0.25, -0.2) is 0 Å². The maximum absolute atomic E-state index is 12.4. The highest BCUT2D eigenvalue weighted by molar-refractivity contribution is 5.95. The molecule has 22 heavy (non-hydrogen) atoms. The molecule has 0 saturated heterocycles. The maximum atomic E-state index is 12.4. The van der Waals surface area contributed by atoms with Gasteiger partial charge in [0.05, 0.1) is 25.9 Å². The normalized spacial score (nSPS) is 16.9. The van der Waals surface area contributed by atoms with Crippen LogP contribution in [0.25, 0.3) is 0 Å². The summed E-state index contributed by atoms with van der Waals surface area (Å²) in [5.41, 5.74) is 2.62. The summed E-state index contributed by atoms with van der Waals surface area (Å²) < 4.78 is 5.49. The van der Waals surface area contributed by atoms with E-state index in [0.717, 1.165) is 30.6 Å². The molecule has 2 unspecified atom stereocenters. The Labute approximate surface area is 132 Å². The van der Waals surface area contributed by atoms with Crippen molar-refractivity contribution < 1.29 is 14.6 Å². The fourth-order valence-corrected chi connectivity index (χ4v) is 2.74. The Bertz CT molecular complexity index is 505. The van der Waals surface area contributed by atoms with E-state index in [1.165, 1.54) is 0 Å². The molecular weight excluding hydrogens is 280 g/mol. The van der Waals surface area contributed by atoms with E-state index in [-0.39, 0.29) is 24.5 Å². The van der Waals surface area contributed by atoms with Crippen LogP contribution >= 0.6 is 0 Å². The predicted octanol–water partition coefficient (Wildman–Crippen LogP) is 2.16. The van der Waals surface area contributed by atoms with Gasteiger partial charge in [0.15, 0.2) is 0 Å². The first-order valence-electron chi connectivity index (χ1n) is 8.02. The number of carbonyl (C=O) groups is 1. The minimum Gasteiger partial charge on any atom is -0.394 e. The van der Waals surface area contributed by atoms with E-state index in [4.69, 9.17) is 4.74 Å². The van der Waals surface area contributed by atoms with Gasteiger partial charge in [0, 0.05) is 23.4 Å². The number of amides is 1. The molecule has 1 aliphatic rings. The average Bonchev–Trinajstić information content (AvgIpc) is 2.76. The summed E-state index contributed by atoms with van der Waals surface area (Å²) in [5.74, 6) is 0.110. The number of carbonyl (C=O) groups excluding carboxylic acids is 1. The van der Waals surface area contributed by atoms with Crippen LogP contribution in [0.4, 0.5) is 5.69 Å². The molecule has 1 aromatic rings. The third kappa shape index (κ3) is 4.21. The molecule has 0 bridgehead atoms. The summed E-state index contributed by atoms with van der Waals surface area (Å²) in [5, 5.41) is 15.7. The molecule has 1 amide bonds. The van der Waals surface area contributed by atoms with Crippen molar-refractivity contribution >= 4 is 11.6 Å². The van der Waals surface area contributed by atoms with Crippen LogP contribution in [-0.2, 0) is 11.3 Å². The number of hydrogen-bond donors (Lipinski definition) is 3. The number of aliphatic hydroxyl groups is 1. The molecule has 5 nitrogen and oxygen atoms in total. The third-order valence-corrected chi connectivity index (χ3v) is 4.13. The highest BCUT2D eigenvalue weighted by Gasteiger charge is 2.19. The van der Waals surface area contributed by atoms with Crippen molar-refractivity contribution in [1.29, 1.82) is 0 Å². The first kappa shape index (κ1) is 16.8. The molecule has 1 aromatic carbocycles. The van der Waals surface area contributed by atoms with Crippen LogP contribution < -0.4 is 10.6 Å². The molecule has 0 fully saturated rings. The topological polar surface area (TPSA) is 70.6 Å². The Morgan fingerprint density at radius 2 is 2.32 bits per heavy atom. The van der Waals surface area contributed by atoms with Gasteiger partial charge >= 0.3 is 0 Å². The summed E-state index contributed by atoms with van der Waals surface area (Å²) in [6.45, 7) is 6.07. The Morgan fingerprint density at radius 3 is 3.05 bits per heavy atom. The first-order chi connectivity index (χ1) is 10.7. The van der Waals surface area contributed by atoms with E-state index in [9.17, 15) is 9.90 Å². The Morgan fingerprint density at radius 1 is 1.50 bits per heavy atom. The number of fused-ring (bicyclic) bond motifs is 1. The molecule has 122 valence electrons. The Balaban J connectivity index is 2.07. The van der Waals surface area contributed by atoms with Crippen molar-refractivity contribution in [2.24, 2.45) is 5.92 Å². The zero-order chi connectivity index (χ0) is 15.9. The number of anilines is 1. The summed E-state index contributed by atoms with van der Waals surface area (Å²) >= 11 is 0. The molecule has 2 atom stereocenters. The summed E-state index contributed by atoms with van der Waals surface area (Å²) in [6.07, 6.45) is 2.02. The van der Waals surface area contributed by atoms with Gasteiger partial charge in [-0.15, -0.1) is 0 Å². The summed E-state index contributed by atoms with van der Waals surface area (Å²) in [6, 6.07) is 5.39. The van der Waals surface area contributed by atoms with E-state index in [1.807, 2.05) is 18.2 Å². The van der Waals surface area contributed by atoms with Gasteiger partial charge in [-0.2, -0.15) is 0 Å². The molecule has 1 heterocycles. The standard InChI is InChI=1S/C17H26N2O3/c1-3-4-12(2)16(10-20)19-17(21)13-5-6-15-14(9-13)11-22-8-7-18-15/h5-6,9,12,16,18,20H,3-4,7-8,10-11H2,1-2H3,(H,19,21). The number of benzene rings is 1. The van der Waals surface area contributed by atoms with Crippen LogP contribution in [0.2, 0.25) is 0 Å². The van der Waals surface area contributed by atoms with Crippen LogP contribution in [0.3, 0.4) is 0 Å². The zero-order valence-corrected chi connectivity index (χ0v) is 13.4. The van der Waals surface area contributed by atoms with Gasteiger partial charge in [0.1, 0.15) is 0 Å². The fraction of sp³-hybridized carbons (Fsp3) is 0.588. The van der Waals surface area contributed by atoms with Crippen LogP contribution in [0, 0.1) is 5.92 Å². The van der Waals surface area contributed by atoms with Crippen molar-refractivity contribution in [3.8, 4) is 0 Å². The highest BCUT2D eigenvalue weighted by Crippen LogP contribution is 2.21. The molecule has 0 spiro atoms. The lowest BCUT2D eigenvalue weighted by Gasteiger charge is -2.23. The minimum atomic E-state index is -0.208. The SMILES string of the molecule is CCCC(C)C(CO)NC(=O)c1ccc2c(c1)COCCN2. The van der Waals surface area contributed by atoms with Crippen molar-refractivity contribution in [2.45, 2.75) is 39.3 Å². The van der Waals surface area contributed by atoms with Crippen molar-refractivity contribution in [3.05, 3.63) is 29.3 Å².